The molecule has 2 heterocycles. The van der Waals surface area contributed by atoms with E-state index in [2.05, 4.69) is 32.3 Å². The van der Waals surface area contributed by atoms with E-state index < -0.39 is 11.8 Å². The first-order valence-electron chi connectivity index (χ1n) is 8.46. The van der Waals surface area contributed by atoms with Crippen LogP contribution >= 0.6 is 0 Å². The van der Waals surface area contributed by atoms with Crippen molar-refractivity contribution in [1.29, 1.82) is 0 Å². The fourth-order valence-electron chi connectivity index (χ4n) is 2.98. The molecule has 1 aliphatic heterocycles. The molecule has 1 aromatic rings. The Morgan fingerprint density at radius 2 is 2.15 bits per heavy atom. The zero-order valence-corrected chi connectivity index (χ0v) is 14.5. The zero-order chi connectivity index (χ0) is 18.7. The number of aryl methyl sites for hydroxylation is 1. The first-order chi connectivity index (χ1) is 12.5. The number of anilines is 1. The molecule has 3 rings (SSSR count). The minimum atomic E-state index is -0.848. The summed E-state index contributed by atoms with van der Waals surface area (Å²) >= 11 is 0. The highest BCUT2D eigenvalue weighted by molar-refractivity contribution is 6.39. The van der Waals surface area contributed by atoms with E-state index in [-0.39, 0.29) is 30.1 Å². The SMILES string of the molecule is C=CCNC(=O)C(=O)Nc1cc(C)nn1C1=NC(=O)C2CCCCC2=N1. The molecule has 0 spiro atoms. The van der Waals surface area contributed by atoms with Crippen molar-refractivity contribution in [3.63, 3.8) is 0 Å². The first-order valence-corrected chi connectivity index (χ1v) is 8.46. The van der Waals surface area contributed by atoms with Crippen molar-refractivity contribution in [1.82, 2.24) is 15.1 Å². The number of amides is 3. The Hall–Kier alpha value is -3.10. The third kappa shape index (κ3) is 3.61. The molecule has 3 amide bonds. The van der Waals surface area contributed by atoms with Crippen molar-refractivity contribution in [2.45, 2.75) is 32.6 Å². The van der Waals surface area contributed by atoms with Crippen molar-refractivity contribution in [3.8, 4) is 0 Å². The van der Waals surface area contributed by atoms with E-state index in [1.807, 2.05) is 0 Å². The van der Waals surface area contributed by atoms with Gasteiger partial charge in [-0.3, -0.25) is 14.4 Å². The number of fused-ring (bicyclic) bond motifs is 1. The molecule has 1 unspecified atom stereocenters. The lowest BCUT2D eigenvalue weighted by Crippen LogP contribution is -2.37. The van der Waals surface area contributed by atoms with Crippen LogP contribution < -0.4 is 10.6 Å². The summed E-state index contributed by atoms with van der Waals surface area (Å²) in [5.74, 6) is -1.79. The van der Waals surface area contributed by atoms with Gasteiger partial charge in [-0.25, -0.2) is 4.99 Å². The highest BCUT2D eigenvalue weighted by Crippen LogP contribution is 2.26. The Morgan fingerprint density at radius 3 is 2.92 bits per heavy atom. The summed E-state index contributed by atoms with van der Waals surface area (Å²) in [6.45, 7) is 5.38. The van der Waals surface area contributed by atoms with Crippen LogP contribution in [0.4, 0.5) is 5.82 Å². The van der Waals surface area contributed by atoms with Gasteiger partial charge in [0.05, 0.1) is 11.6 Å². The van der Waals surface area contributed by atoms with E-state index in [0.717, 1.165) is 31.4 Å². The molecular weight excluding hydrogens is 336 g/mol. The van der Waals surface area contributed by atoms with Gasteiger partial charge in [-0.05, 0) is 26.2 Å². The van der Waals surface area contributed by atoms with Crippen molar-refractivity contribution in [2.24, 2.45) is 15.9 Å². The second kappa shape index (κ2) is 7.42. The summed E-state index contributed by atoms with van der Waals surface area (Å²) in [5.41, 5.74) is 1.40. The predicted octanol–water partition coefficient (Wildman–Crippen LogP) is 0.808. The largest absolute Gasteiger partial charge is 0.344 e. The summed E-state index contributed by atoms with van der Waals surface area (Å²) in [5, 5.41) is 9.11. The monoisotopic (exact) mass is 356 g/mol. The van der Waals surface area contributed by atoms with Gasteiger partial charge >= 0.3 is 11.8 Å². The van der Waals surface area contributed by atoms with Gasteiger partial charge in [0.15, 0.2) is 0 Å². The lowest BCUT2D eigenvalue weighted by atomic mass is 9.86. The van der Waals surface area contributed by atoms with Gasteiger partial charge in [0.1, 0.15) is 5.82 Å². The van der Waals surface area contributed by atoms with Gasteiger partial charge in [-0.15, -0.1) is 6.58 Å². The molecule has 0 saturated heterocycles. The Labute approximate surface area is 150 Å². The molecule has 136 valence electrons. The van der Waals surface area contributed by atoms with E-state index in [1.165, 1.54) is 10.8 Å². The van der Waals surface area contributed by atoms with E-state index in [0.29, 0.717) is 5.69 Å². The Balaban J connectivity index is 1.84. The number of carbonyl (C=O) groups is 3. The Bertz CT molecular complexity index is 836. The number of aliphatic imine (C=N–C) groups is 2. The summed E-state index contributed by atoms with van der Waals surface area (Å²) < 4.78 is 1.28. The molecule has 1 fully saturated rings. The molecular formula is C17H20N6O3. The average molecular weight is 356 g/mol. The number of aromatic nitrogens is 2. The normalized spacial score (nSPS) is 19.1. The molecule has 1 saturated carbocycles. The van der Waals surface area contributed by atoms with E-state index in [4.69, 9.17) is 0 Å². The van der Waals surface area contributed by atoms with Crippen molar-refractivity contribution in [3.05, 3.63) is 24.4 Å². The maximum absolute atomic E-state index is 12.3. The van der Waals surface area contributed by atoms with Crippen LogP contribution in [0, 0.1) is 12.8 Å². The molecule has 0 aromatic carbocycles. The summed E-state index contributed by atoms with van der Waals surface area (Å²) in [6, 6.07) is 1.58. The molecule has 9 nitrogen and oxygen atoms in total. The third-order valence-electron chi connectivity index (χ3n) is 4.21. The zero-order valence-electron chi connectivity index (χ0n) is 14.5. The molecule has 1 aromatic heterocycles. The van der Waals surface area contributed by atoms with Gasteiger partial charge in [0.2, 0.25) is 0 Å². The van der Waals surface area contributed by atoms with Gasteiger partial charge in [0, 0.05) is 18.3 Å². The van der Waals surface area contributed by atoms with Gasteiger partial charge in [-0.2, -0.15) is 14.8 Å². The van der Waals surface area contributed by atoms with E-state index in [9.17, 15) is 14.4 Å². The second-order valence-corrected chi connectivity index (χ2v) is 6.19. The van der Waals surface area contributed by atoms with E-state index >= 15 is 0 Å². The van der Waals surface area contributed by atoms with Crippen molar-refractivity contribution in [2.75, 3.05) is 11.9 Å². The standard InChI is InChI=1S/C17H20N6O3/c1-3-8-18-15(25)16(26)20-13-9-10(2)22-23(13)17-19-12-7-5-4-6-11(12)14(24)21-17/h3,9,11H,1,4-8H2,2H3,(H,18,25)(H,20,26). The van der Waals surface area contributed by atoms with Crippen molar-refractivity contribution >= 4 is 35.2 Å². The number of rotatable bonds is 3. The summed E-state index contributed by atoms with van der Waals surface area (Å²) in [4.78, 5) is 44.6. The van der Waals surface area contributed by atoms with Gasteiger partial charge in [-0.1, -0.05) is 12.5 Å². The maximum Gasteiger partial charge on any atom is 0.314 e. The number of hydrogen-bond donors (Lipinski definition) is 2. The molecule has 26 heavy (non-hydrogen) atoms. The molecule has 2 N–H and O–H groups in total. The quantitative estimate of drug-likeness (QED) is 0.615. The molecule has 1 atom stereocenters. The summed E-state index contributed by atoms with van der Waals surface area (Å²) in [7, 11) is 0. The first kappa shape index (κ1) is 17.7. The number of nitrogens with zero attached hydrogens (tertiary/aromatic N) is 4. The van der Waals surface area contributed by atoms with Crippen LogP contribution in [0.1, 0.15) is 31.4 Å². The number of carbonyl (C=O) groups excluding carboxylic acids is 3. The highest BCUT2D eigenvalue weighted by Gasteiger charge is 2.32. The minimum Gasteiger partial charge on any atom is -0.344 e. The number of hydrogen-bond acceptors (Lipinski definition) is 5. The molecule has 2 aliphatic rings. The van der Waals surface area contributed by atoms with Crippen LogP contribution in [0.3, 0.4) is 0 Å². The van der Waals surface area contributed by atoms with Crippen LogP contribution in [0.25, 0.3) is 0 Å². The maximum atomic E-state index is 12.3. The number of nitrogens with one attached hydrogen (secondary N) is 2. The Morgan fingerprint density at radius 1 is 1.35 bits per heavy atom. The van der Waals surface area contributed by atoms with Gasteiger partial charge < -0.3 is 10.6 Å². The van der Waals surface area contributed by atoms with Crippen LogP contribution in [0.15, 0.2) is 28.7 Å². The molecule has 0 radical (unpaired) electrons. The minimum absolute atomic E-state index is 0.109. The lowest BCUT2D eigenvalue weighted by Gasteiger charge is -2.24. The van der Waals surface area contributed by atoms with Gasteiger partial charge in [0.25, 0.3) is 11.9 Å². The van der Waals surface area contributed by atoms with Crippen LogP contribution in [0.5, 0.6) is 0 Å². The molecule has 0 bridgehead atoms. The fraction of sp³-hybridized carbons (Fsp3) is 0.412. The molecule has 9 heteroatoms. The fourth-order valence-corrected chi connectivity index (χ4v) is 2.98. The Kier molecular flexibility index (Phi) is 5.06. The highest BCUT2D eigenvalue weighted by atomic mass is 16.2. The summed E-state index contributed by atoms with van der Waals surface area (Å²) in [6.07, 6.45) is 4.96. The van der Waals surface area contributed by atoms with E-state index in [1.54, 1.807) is 13.0 Å². The lowest BCUT2D eigenvalue weighted by molar-refractivity contribution is -0.136. The van der Waals surface area contributed by atoms with Crippen molar-refractivity contribution < 1.29 is 14.4 Å². The smallest absolute Gasteiger partial charge is 0.314 e. The van der Waals surface area contributed by atoms with Crippen LogP contribution in [-0.2, 0) is 14.4 Å². The second-order valence-electron chi connectivity index (χ2n) is 6.19. The molecule has 1 aliphatic carbocycles. The average Bonchev–Trinajstić information content (AvgIpc) is 2.99. The van der Waals surface area contributed by atoms with Crippen LogP contribution in [0.2, 0.25) is 0 Å². The third-order valence-corrected chi connectivity index (χ3v) is 4.21. The predicted molar refractivity (Wildman–Crippen MR) is 96.0 cm³/mol. The van der Waals surface area contributed by atoms with Crippen LogP contribution in [-0.4, -0.2) is 45.7 Å². The topological polar surface area (TPSA) is 118 Å².